The lowest BCUT2D eigenvalue weighted by Crippen LogP contribution is -2.53. The third-order valence-corrected chi connectivity index (χ3v) is 4.61. The van der Waals surface area contributed by atoms with Gasteiger partial charge in [-0.3, -0.25) is 0 Å². The molecule has 3 aliphatic rings. The molecule has 20 heavy (non-hydrogen) atoms. The molecule has 0 radical (unpaired) electrons. The van der Waals surface area contributed by atoms with Gasteiger partial charge in [-0.05, 0) is 31.8 Å². The van der Waals surface area contributed by atoms with Gasteiger partial charge in [0, 0.05) is 32.0 Å². The van der Waals surface area contributed by atoms with Crippen molar-refractivity contribution in [1.29, 1.82) is 0 Å². The molecule has 5 heterocycles. The first-order valence-corrected chi connectivity index (χ1v) is 7.34. The Bertz CT molecular complexity index is 613. The van der Waals surface area contributed by atoms with Gasteiger partial charge in [0.15, 0.2) is 11.5 Å². The first-order chi connectivity index (χ1) is 9.83. The number of imidazole rings is 1. The number of nitrogens with one attached hydrogen (secondary N) is 2. The van der Waals surface area contributed by atoms with E-state index in [9.17, 15) is 0 Å². The van der Waals surface area contributed by atoms with E-state index in [2.05, 4.69) is 25.5 Å². The summed E-state index contributed by atoms with van der Waals surface area (Å²) in [5, 5.41) is 6.75. The SMILES string of the molecule is CNc1cn2ccnc2c(NC2CN3CCC2CC3)n1. The lowest BCUT2D eigenvalue weighted by molar-refractivity contribution is 0.0974. The van der Waals surface area contributed by atoms with Gasteiger partial charge in [0.25, 0.3) is 0 Å². The third kappa shape index (κ3) is 1.91. The average molecular weight is 272 g/mol. The van der Waals surface area contributed by atoms with Crippen LogP contribution in [0.2, 0.25) is 0 Å². The molecule has 0 amide bonds. The van der Waals surface area contributed by atoms with Crippen molar-refractivity contribution < 1.29 is 0 Å². The van der Waals surface area contributed by atoms with Crippen LogP contribution in [0.25, 0.3) is 5.65 Å². The van der Waals surface area contributed by atoms with E-state index in [-0.39, 0.29) is 0 Å². The van der Waals surface area contributed by atoms with E-state index in [1.165, 1.54) is 25.9 Å². The van der Waals surface area contributed by atoms with E-state index in [4.69, 9.17) is 0 Å². The Morgan fingerprint density at radius 1 is 1.30 bits per heavy atom. The lowest BCUT2D eigenvalue weighted by Gasteiger charge is -2.45. The summed E-state index contributed by atoms with van der Waals surface area (Å²) in [6.07, 6.45) is 8.34. The number of anilines is 2. The first-order valence-electron chi connectivity index (χ1n) is 7.34. The Hall–Kier alpha value is -1.82. The van der Waals surface area contributed by atoms with Crippen molar-refractivity contribution in [2.24, 2.45) is 5.92 Å². The van der Waals surface area contributed by atoms with Crippen LogP contribution in [0.15, 0.2) is 18.6 Å². The molecule has 2 bridgehead atoms. The Balaban J connectivity index is 1.66. The maximum Gasteiger partial charge on any atom is 0.180 e. The highest BCUT2D eigenvalue weighted by Crippen LogP contribution is 2.30. The molecule has 0 saturated carbocycles. The summed E-state index contributed by atoms with van der Waals surface area (Å²) in [6.45, 7) is 3.64. The largest absolute Gasteiger partial charge is 0.372 e. The summed E-state index contributed by atoms with van der Waals surface area (Å²) in [5.41, 5.74) is 0.903. The van der Waals surface area contributed by atoms with E-state index >= 15 is 0 Å². The summed E-state index contributed by atoms with van der Waals surface area (Å²) in [7, 11) is 1.89. The van der Waals surface area contributed by atoms with Crippen LogP contribution in [-0.4, -0.2) is 52.0 Å². The van der Waals surface area contributed by atoms with Gasteiger partial charge in [0.2, 0.25) is 0 Å². The Kier molecular flexibility index (Phi) is 2.77. The summed E-state index contributed by atoms with van der Waals surface area (Å²) in [6, 6.07) is 0.498. The van der Waals surface area contributed by atoms with E-state index in [1.807, 2.05) is 30.0 Å². The highest BCUT2D eigenvalue weighted by molar-refractivity contribution is 5.65. The van der Waals surface area contributed by atoms with Gasteiger partial charge in [-0.1, -0.05) is 0 Å². The Morgan fingerprint density at radius 3 is 2.85 bits per heavy atom. The van der Waals surface area contributed by atoms with E-state index < -0.39 is 0 Å². The van der Waals surface area contributed by atoms with Gasteiger partial charge in [-0.25, -0.2) is 9.97 Å². The number of rotatable bonds is 3. The summed E-state index contributed by atoms with van der Waals surface area (Å²) in [4.78, 5) is 11.6. The normalized spacial score (nSPS) is 28.8. The number of hydrogen-bond acceptors (Lipinski definition) is 5. The molecule has 6 heteroatoms. The molecule has 2 N–H and O–H groups in total. The second-order valence-electron chi connectivity index (χ2n) is 5.77. The molecule has 3 fully saturated rings. The van der Waals surface area contributed by atoms with Crippen LogP contribution >= 0.6 is 0 Å². The summed E-state index contributed by atoms with van der Waals surface area (Å²) in [5.74, 6) is 2.52. The van der Waals surface area contributed by atoms with E-state index in [1.54, 1.807) is 0 Å². The quantitative estimate of drug-likeness (QED) is 0.881. The molecule has 3 saturated heterocycles. The fourth-order valence-electron chi connectivity index (χ4n) is 3.45. The standard InChI is InChI=1S/C14H20N6/c1-15-12-9-20-7-4-16-14(20)13(18-12)17-11-8-19-5-2-10(11)3-6-19/h4,7,9-11,15H,2-3,5-6,8H2,1H3,(H,17,18). The zero-order chi connectivity index (χ0) is 13.5. The van der Waals surface area contributed by atoms with Crippen LogP contribution in [0, 0.1) is 5.92 Å². The predicted molar refractivity (Wildman–Crippen MR) is 79.1 cm³/mol. The molecule has 6 nitrogen and oxygen atoms in total. The third-order valence-electron chi connectivity index (χ3n) is 4.61. The molecule has 0 spiro atoms. The molecule has 0 aliphatic carbocycles. The number of piperidine rings is 3. The second-order valence-corrected chi connectivity index (χ2v) is 5.77. The van der Waals surface area contributed by atoms with Crippen molar-refractivity contribution in [3.63, 3.8) is 0 Å². The molecule has 5 rings (SSSR count). The number of hydrogen-bond donors (Lipinski definition) is 2. The smallest absolute Gasteiger partial charge is 0.180 e. The molecule has 0 aromatic carbocycles. The highest BCUT2D eigenvalue weighted by Gasteiger charge is 2.34. The van der Waals surface area contributed by atoms with Gasteiger partial charge in [-0.2, -0.15) is 0 Å². The monoisotopic (exact) mass is 272 g/mol. The second kappa shape index (κ2) is 4.63. The van der Waals surface area contributed by atoms with Gasteiger partial charge in [-0.15, -0.1) is 0 Å². The average Bonchev–Trinajstić information content (AvgIpc) is 2.97. The van der Waals surface area contributed by atoms with Crippen LogP contribution in [0.3, 0.4) is 0 Å². The van der Waals surface area contributed by atoms with Gasteiger partial charge in [0.05, 0.1) is 6.20 Å². The zero-order valence-electron chi connectivity index (χ0n) is 11.7. The van der Waals surface area contributed by atoms with Crippen LogP contribution in [-0.2, 0) is 0 Å². The fourth-order valence-corrected chi connectivity index (χ4v) is 3.45. The molecule has 106 valence electrons. The Morgan fingerprint density at radius 2 is 2.15 bits per heavy atom. The highest BCUT2D eigenvalue weighted by atomic mass is 15.2. The van der Waals surface area contributed by atoms with Crippen molar-refractivity contribution in [3.8, 4) is 0 Å². The lowest BCUT2D eigenvalue weighted by atomic mass is 9.84. The zero-order valence-corrected chi connectivity index (χ0v) is 11.7. The summed E-state index contributed by atoms with van der Waals surface area (Å²) < 4.78 is 2.02. The van der Waals surface area contributed by atoms with Crippen LogP contribution in [0.5, 0.6) is 0 Å². The molecular formula is C14H20N6. The first kappa shape index (κ1) is 12.0. The molecule has 2 aromatic heterocycles. The number of aromatic nitrogens is 3. The van der Waals surface area contributed by atoms with Crippen molar-refractivity contribution in [3.05, 3.63) is 18.6 Å². The van der Waals surface area contributed by atoms with Crippen molar-refractivity contribution in [2.45, 2.75) is 18.9 Å². The molecule has 1 unspecified atom stereocenters. The maximum absolute atomic E-state index is 4.65. The van der Waals surface area contributed by atoms with Crippen molar-refractivity contribution in [2.75, 3.05) is 37.3 Å². The van der Waals surface area contributed by atoms with Gasteiger partial charge in [0.1, 0.15) is 5.82 Å². The van der Waals surface area contributed by atoms with Gasteiger partial charge < -0.3 is 19.9 Å². The maximum atomic E-state index is 4.65. The van der Waals surface area contributed by atoms with Crippen molar-refractivity contribution in [1.82, 2.24) is 19.3 Å². The van der Waals surface area contributed by atoms with E-state index in [0.29, 0.717) is 6.04 Å². The van der Waals surface area contributed by atoms with Gasteiger partial charge >= 0.3 is 0 Å². The number of fused-ring (bicyclic) bond motifs is 4. The van der Waals surface area contributed by atoms with Crippen LogP contribution in [0.1, 0.15) is 12.8 Å². The summed E-state index contributed by atoms with van der Waals surface area (Å²) >= 11 is 0. The van der Waals surface area contributed by atoms with Crippen LogP contribution in [0.4, 0.5) is 11.6 Å². The van der Waals surface area contributed by atoms with E-state index in [0.717, 1.165) is 29.7 Å². The minimum Gasteiger partial charge on any atom is -0.372 e. The van der Waals surface area contributed by atoms with Crippen LogP contribution < -0.4 is 10.6 Å². The topological polar surface area (TPSA) is 57.5 Å². The fraction of sp³-hybridized carbons (Fsp3) is 0.571. The minimum absolute atomic E-state index is 0.498. The molecule has 3 aliphatic heterocycles. The molecule has 1 atom stereocenters. The molecule has 2 aromatic rings. The predicted octanol–water partition coefficient (Wildman–Crippen LogP) is 1.28. The van der Waals surface area contributed by atoms with Crippen molar-refractivity contribution >= 4 is 17.3 Å². The Labute approximate surface area is 118 Å². The number of nitrogens with zero attached hydrogens (tertiary/aromatic N) is 4. The molecular weight excluding hydrogens is 252 g/mol. The minimum atomic E-state index is 0.498.